The molecule has 2 aromatic heterocycles. The van der Waals surface area contributed by atoms with E-state index in [0.29, 0.717) is 24.4 Å². The standard InChI is InChI=1S/C20H20N4O2/c1-3-8-26-19-5-4-15(10-16(19)12-24-7-6-22-13-24)17-9-14(2)23-20(25)18(17)11-21/h4-7,9-10,13H,3,8,12H2,1-2H3,(H,23,25). The van der Waals surface area contributed by atoms with Gasteiger partial charge in [-0.05, 0) is 37.1 Å². The lowest BCUT2D eigenvalue weighted by Crippen LogP contribution is -2.13. The van der Waals surface area contributed by atoms with E-state index in [1.54, 1.807) is 19.4 Å². The Morgan fingerprint density at radius 2 is 2.19 bits per heavy atom. The fraction of sp³-hybridized carbons (Fsp3) is 0.250. The van der Waals surface area contributed by atoms with Gasteiger partial charge in [-0.3, -0.25) is 4.79 Å². The van der Waals surface area contributed by atoms with E-state index in [2.05, 4.69) is 16.9 Å². The molecule has 3 aromatic rings. The van der Waals surface area contributed by atoms with Crippen molar-refractivity contribution in [2.45, 2.75) is 26.8 Å². The SMILES string of the molecule is CCCOc1ccc(-c2cc(C)[nH]c(=O)c2C#N)cc1Cn1ccnc1. The number of H-pyrrole nitrogens is 1. The highest BCUT2D eigenvalue weighted by Crippen LogP contribution is 2.29. The smallest absolute Gasteiger partial charge is 0.266 e. The van der Waals surface area contributed by atoms with Crippen molar-refractivity contribution in [1.82, 2.24) is 14.5 Å². The van der Waals surface area contributed by atoms with Gasteiger partial charge in [0.15, 0.2) is 0 Å². The Morgan fingerprint density at radius 3 is 2.88 bits per heavy atom. The molecule has 0 aliphatic heterocycles. The predicted octanol–water partition coefficient (Wildman–Crippen LogP) is 3.26. The molecular weight excluding hydrogens is 328 g/mol. The highest BCUT2D eigenvalue weighted by atomic mass is 16.5. The topological polar surface area (TPSA) is 83.7 Å². The number of aromatic nitrogens is 3. The molecule has 0 aliphatic carbocycles. The highest BCUT2D eigenvalue weighted by molar-refractivity contribution is 5.71. The van der Waals surface area contributed by atoms with E-state index in [1.165, 1.54) is 0 Å². The molecule has 0 fully saturated rings. The molecule has 1 aromatic carbocycles. The van der Waals surface area contributed by atoms with Gasteiger partial charge in [-0.25, -0.2) is 4.98 Å². The maximum absolute atomic E-state index is 12.1. The molecule has 0 atom stereocenters. The zero-order valence-electron chi connectivity index (χ0n) is 14.8. The number of ether oxygens (including phenoxy) is 1. The van der Waals surface area contributed by atoms with Gasteiger partial charge in [-0.2, -0.15) is 5.26 Å². The molecule has 6 heteroatoms. The molecule has 0 saturated carbocycles. The van der Waals surface area contributed by atoms with Crippen LogP contribution in [-0.2, 0) is 6.54 Å². The Hall–Kier alpha value is -3.33. The summed E-state index contributed by atoms with van der Waals surface area (Å²) in [6.07, 6.45) is 6.27. The van der Waals surface area contributed by atoms with E-state index in [4.69, 9.17) is 4.74 Å². The molecular formula is C20H20N4O2. The number of aryl methyl sites for hydroxylation is 1. The van der Waals surface area contributed by atoms with Crippen LogP contribution in [0.4, 0.5) is 0 Å². The molecule has 0 radical (unpaired) electrons. The molecule has 2 heterocycles. The van der Waals surface area contributed by atoms with Gasteiger partial charge in [0.2, 0.25) is 0 Å². The fourth-order valence-corrected chi connectivity index (χ4v) is 2.83. The van der Waals surface area contributed by atoms with Crippen LogP contribution < -0.4 is 10.3 Å². The van der Waals surface area contributed by atoms with E-state index in [-0.39, 0.29) is 11.1 Å². The van der Waals surface area contributed by atoms with E-state index in [0.717, 1.165) is 23.3 Å². The van der Waals surface area contributed by atoms with E-state index < -0.39 is 0 Å². The van der Waals surface area contributed by atoms with Crippen LogP contribution >= 0.6 is 0 Å². The summed E-state index contributed by atoms with van der Waals surface area (Å²) in [4.78, 5) is 18.8. The second-order valence-corrected chi connectivity index (χ2v) is 6.09. The van der Waals surface area contributed by atoms with Crippen molar-refractivity contribution < 1.29 is 4.74 Å². The number of nitrogens with zero attached hydrogens (tertiary/aromatic N) is 3. The third-order valence-corrected chi connectivity index (χ3v) is 4.03. The number of aromatic amines is 1. The minimum absolute atomic E-state index is 0.117. The van der Waals surface area contributed by atoms with E-state index in [9.17, 15) is 10.1 Å². The third-order valence-electron chi connectivity index (χ3n) is 4.03. The van der Waals surface area contributed by atoms with E-state index >= 15 is 0 Å². The normalized spacial score (nSPS) is 10.5. The lowest BCUT2D eigenvalue weighted by atomic mass is 9.98. The fourth-order valence-electron chi connectivity index (χ4n) is 2.83. The Bertz CT molecular complexity index is 998. The minimum atomic E-state index is -0.370. The second kappa shape index (κ2) is 7.70. The zero-order chi connectivity index (χ0) is 18.5. The van der Waals surface area contributed by atoms with Gasteiger partial charge in [0.1, 0.15) is 17.4 Å². The maximum atomic E-state index is 12.1. The molecule has 26 heavy (non-hydrogen) atoms. The van der Waals surface area contributed by atoms with Crippen molar-refractivity contribution in [3.8, 4) is 22.9 Å². The van der Waals surface area contributed by atoms with Crippen molar-refractivity contribution in [1.29, 1.82) is 5.26 Å². The summed E-state index contributed by atoms with van der Waals surface area (Å²) in [7, 11) is 0. The monoisotopic (exact) mass is 348 g/mol. The molecule has 0 amide bonds. The van der Waals surface area contributed by atoms with Gasteiger partial charge < -0.3 is 14.3 Å². The zero-order valence-corrected chi connectivity index (χ0v) is 14.8. The first-order valence-electron chi connectivity index (χ1n) is 8.48. The van der Waals surface area contributed by atoms with Crippen LogP contribution in [-0.4, -0.2) is 21.1 Å². The van der Waals surface area contributed by atoms with Crippen LogP contribution in [0.25, 0.3) is 11.1 Å². The molecule has 0 spiro atoms. The number of rotatable bonds is 6. The number of pyridine rings is 1. The molecule has 0 unspecified atom stereocenters. The van der Waals surface area contributed by atoms with Gasteiger partial charge in [-0.1, -0.05) is 13.0 Å². The Balaban J connectivity index is 2.09. The summed E-state index contributed by atoms with van der Waals surface area (Å²) in [5.74, 6) is 0.796. The van der Waals surface area contributed by atoms with Crippen LogP contribution in [0.15, 0.2) is 47.8 Å². The number of nitrogens with one attached hydrogen (secondary N) is 1. The number of benzene rings is 1. The van der Waals surface area contributed by atoms with E-state index in [1.807, 2.05) is 41.1 Å². The van der Waals surface area contributed by atoms with Crippen molar-refractivity contribution in [3.63, 3.8) is 0 Å². The molecule has 6 nitrogen and oxygen atoms in total. The summed E-state index contributed by atoms with van der Waals surface area (Å²) in [5, 5.41) is 9.39. The molecule has 0 bridgehead atoms. The summed E-state index contributed by atoms with van der Waals surface area (Å²) < 4.78 is 7.81. The predicted molar refractivity (Wildman–Crippen MR) is 99.1 cm³/mol. The second-order valence-electron chi connectivity index (χ2n) is 6.09. The first-order chi connectivity index (χ1) is 12.6. The van der Waals surface area contributed by atoms with Crippen LogP contribution in [0.3, 0.4) is 0 Å². The first-order valence-corrected chi connectivity index (χ1v) is 8.48. The van der Waals surface area contributed by atoms with Crippen LogP contribution in [0.2, 0.25) is 0 Å². The number of imidazole rings is 1. The van der Waals surface area contributed by atoms with Crippen molar-refractivity contribution in [2.75, 3.05) is 6.61 Å². The van der Waals surface area contributed by atoms with Crippen LogP contribution in [0.1, 0.15) is 30.2 Å². The van der Waals surface area contributed by atoms with Crippen molar-refractivity contribution in [3.05, 3.63) is 70.2 Å². The summed E-state index contributed by atoms with van der Waals surface area (Å²) in [5.41, 5.74) is 2.87. The van der Waals surface area contributed by atoms with Crippen LogP contribution in [0, 0.1) is 18.3 Å². The molecule has 1 N–H and O–H groups in total. The number of hydrogen-bond donors (Lipinski definition) is 1. The van der Waals surface area contributed by atoms with Gasteiger partial charge in [0.25, 0.3) is 5.56 Å². The van der Waals surface area contributed by atoms with Gasteiger partial charge >= 0.3 is 0 Å². The maximum Gasteiger partial charge on any atom is 0.266 e. The average Bonchev–Trinajstić information content (AvgIpc) is 3.13. The van der Waals surface area contributed by atoms with Crippen LogP contribution in [0.5, 0.6) is 5.75 Å². The Kier molecular flexibility index (Phi) is 5.18. The summed E-state index contributed by atoms with van der Waals surface area (Å²) in [6, 6.07) is 9.59. The van der Waals surface area contributed by atoms with Gasteiger partial charge in [0.05, 0.1) is 19.5 Å². The Labute approximate surface area is 151 Å². The minimum Gasteiger partial charge on any atom is -0.493 e. The number of nitriles is 1. The lowest BCUT2D eigenvalue weighted by molar-refractivity contribution is 0.313. The third kappa shape index (κ3) is 3.67. The lowest BCUT2D eigenvalue weighted by Gasteiger charge is -2.14. The first kappa shape index (κ1) is 17.5. The molecule has 0 aliphatic rings. The average molecular weight is 348 g/mol. The largest absolute Gasteiger partial charge is 0.493 e. The Morgan fingerprint density at radius 1 is 1.35 bits per heavy atom. The highest BCUT2D eigenvalue weighted by Gasteiger charge is 2.13. The summed E-state index contributed by atoms with van der Waals surface area (Å²) >= 11 is 0. The van der Waals surface area contributed by atoms with Crippen molar-refractivity contribution >= 4 is 0 Å². The molecule has 0 saturated heterocycles. The van der Waals surface area contributed by atoms with Crippen molar-refractivity contribution in [2.24, 2.45) is 0 Å². The number of hydrogen-bond acceptors (Lipinski definition) is 4. The van der Waals surface area contributed by atoms with Gasteiger partial charge in [-0.15, -0.1) is 0 Å². The molecule has 132 valence electrons. The quantitative estimate of drug-likeness (QED) is 0.741. The van der Waals surface area contributed by atoms with Gasteiger partial charge in [0, 0.05) is 29.2 Å². The molecule has 3 rings (SSSR count). The summed E-state index contributed by atoms with van der Waals surface area (Å²) in [6.45, 7) is 5.08.